The Kier molecular flexibility index (Phi) is 3.30. The maximum absolute atomic E-state index is 12.3. The fraction of sp³-hybridized carbons (Fsp3) is 0.235. The van der Waals surface area contributed by atoms with Crippen LogP contribution in [0.2, 0.25) is 0 Å². The van der Waals surface area contributed by atoms with Gasteiger partial charge in [-0.1, -0.05) is 0 Å². The average Bonchev–Trinajstić information content (AvgIpc) is 3.10. The molecule has 4 heteroatoms. The SMILES string of the molecule is O=C1CCN2[C@@H](c3ccccc3)[Se][C@H](c3ccccc3)N12. The molecule has 2 heterocycles. The number of carbonyl (C=O) groups is 1. The van der Waals surface area contributed by atoms with E-state index in [0.717, 1.165) is 6.54 Å². The van der Waals surface area contributed by atoms with Crippen molar-refractivity contribution < 1.29 is 4.79 Å². The van der Waals surface area contributed by atoms with Gasteiger partial charge < -0.3 is 0 Å². The van der Waals surface area contributed by atoms with Crippen LogP contribution in [0.15, 0.2) is 60.7 Å². The number of fused-ring (bicyclic) bond motifs is 1. The zero-order chi connectivity index (χ0) is 14.2. The minimum absolute atomic E-state index is 0.235. The Labute approximate surface area is 130 Å². The molecule has 2 aliphatic rings. The van der Waals surface area contributed by atoms with E-state index in [1.54, 1.807) is 0 Å². The Morgan fingerprint density at radius 2 is 1.43 bits per heavy atom. The third-order valence-corrected chi connectivity index (χ3v) is 7.16. The first-order chi connectivity index (χ1) is 10.3. The summed E-state index contributed by atoms with van der Waals surface area (Å²) in [5, 5.41) is 4.31. The number of hydrogen-bond donors (Lipinski definition) is 0. The normalized spacial score (nSPS) is 25.3. The molecule has 0 spiro atoms. The van der Waals surface area contributed by atoms with Crippen LogP contribution in [0.5, 0.6) is 0 Å². The molecule has 2 fully saturated rings. The maximum atomic E-state index is 12.3. The van der Waals surface area contributed by atoms with Crippen molar-refractivity contribution in [1.82, 2.24) is 10.0 Å². The van der Waals surface area contributed by atoms with Gasteiger partial charge in [-0.05, 0) is 0 Å². The molecule has 0 aliphatic carbocycles. The summed E-state index contributed by atoms with van der Waals surface area (Å²) in [7, 11) is 0. The molecule has 2 saturated heterocycles. The Morgan fingerprint density at radius 1 is 0.857 bits per heavy atom. The van der Waals surface area contributed by atoms with Crippen LogP contribution in [0, 0.1) is 0 Å². The second kappa shape index (κ2) is 5.30. The fourth-order valence-corrected chi connectivity index (χ4v) is 6.33. The summed E-state index contributed by atoms with van der Waals surface area (Å²) in [4.78, 5) is 12.9. The summed E-state index contributed by atoms with van der Waals surface area (Å²) in [5.41, 5.74) is 2.59. The van der Waals surface area contributed by atoms with Gasteiger partial charge in [-0.3, -0.25) is 0 Å². The zero-order valence-corrected chi connectivity index (χ0v) is 13.3. The van der Waals surface area contributed by atoms with Crippen molar-refractivity contribution in [2.45, 2.75) is 16.3 Å². The van der Waals surface area contributed by atoms with Gasteiger partial charge in [0.1, 0.15) is 0 Å². The molecule has 2 atom stereocenters. The van der Waals surface area contributed by atoms with Gasteiger partial charge in [-0.15, -0.1) is 0 Å². The quantitative estimate of drug-likeness (QED) is 0.783. The van der Waals surface area contributed by atoms with Gasteiger partial charge in [0.05, 0.1) is 0 Å². The van der Waals surface area contributed by atoms with Gasteiger partial charge in [0.15, 0.2) is 0 Å². The summed E-state index contributed by atoms with van der Waals surface area (Å²) < 4.78 is 0. The molecule has 1 amide bonds. The second-order valence-corrected chi connectivity index (χ2v) is 7.76. The molecule has 21 heavy (non-hydrogen) atoms. The molecule has 0 bridgehead atoms. The van der Waals surface area contributed by atoms with Crippen LogP contribution >= 0.6 is 0 Å². The Hall–Kier alpha value is -1.61. The Bertz CT molecular complexity index is 646. The number of carbonyl (C=O) groups excluding carboxylic acids is 1. The van der Waals surface area contributed by atoms with Crippen molar-refractivity contribution in [3.05, 3.63) is 71.8 Å². The molecule has 2 aromatic rings. The van der Waals surface area contributed by atoms with E-state index >= 15 is 0 Å². The Morgan fingerprint density at radius 3 is 2.05 bits per heavy atom. The third-order valence-electron chi connectivity index (χ3n) is 4.01. The third kappa shape index (κ3) is 2.20. The summed E-state index contributed by atoms with van der Waals surface area (Å²) in [6, 6.07) is 21.0. The van der Waals surface area contributed by atoms with Crippen molar-refractivity contribution in [1.29, 1.82) is 0 Å². The van der Waals surface area contributed by atoms with Gasteiger partial charge in [0, 0.05) is 0 Å². The summed E-state index contributed by atoms with van der Waals surface area (Å²) >= 11 is 0.318. The van der Waals surface area contributed by atoms with E-state index in [1.165, 1.54) is 11.1 Å². The van der Waals surface area contributed by atoms with Crippen molar-refractivity contribution in [2.75, 3.05) is 6.54 Å². The molecule has 3 nitrogen and oxygen atoms in total. The van der Waals surface area contributed by atoms with E-state index in [4.69, 9.17) is 0 Å². The number of hydrazine groups is 1. The van der Waals surface area contributed by atoms with E-state index in [0.29, 0.717) is 26.3 Å². The van der Waals surface area contributed by atoms with Crippen molar-refractivity contribution in [3.63, 3.8) is 0 Å². The molecule has 2 aromatic carbocycles. The van der Waals surface area contributed by atoms with E-state index in [1.807, 2.05) is 17.1 Å². The Balaban J connectivity index is 1.72. The van der Waals surface area contributed by atoms with Crippen molar-refractivity contribution in [3.8, 4) is 0 Å². The number of amides is 1. The fourth-order valence-electron chi connectivity index (χ4n) is 3.03. The molecule has 0 radical (unpaired) electrons. The second-order valence-electron chi connectivity index (χ2n) is 5.31. The van der Waals surface area contributed by atoms with Crippen molar-refractivity contribution in [2.24, 2.45) is 0 Å². The molecule has 0 unspecified atom stereocenters. The predicted octanol–water partition coefficient (Wildman–Crippen LogP) is 2.55. The molecular weight excluding hydrogens is 327 g/mol. The molecular formula is C17H16N2OSe. The van der Waals surface area contributed by atoms with Crippen LogP contribution in [0.4, 0.5) is 0 Å². The molecule has 0 N–H and O–H groups in total. The molecule has 106 valence electrons. The van der Waals surface area contributed by atoms with E-state index in [-0.39, 0.29) is 10.8 Å². The van der Waals surface area contributed by atoms with Gasteiger partial charge >= 0.3 is 130 Å². The molecule has 2 aliphatic heterocycles. The first kappa shape index (κ1) is 13.1. The topological polar surface area (TPSA) is 23.6 Å². The van der Waals surface area contributed by atoms with E-state index < -0.39 is 0 Å². The standard InChI is InChI=1S/C17H16N2OSe/c20-15-11-12-18-16(13-7-3-1-4-8-13)21-17(19(15)18)14-9-5-2-6-10-14/h1-10,16-17H,11-12H2/t16-,17-/m1/s1. The van der Waals surface area contributed by atoms with E-state index in [9.17, 15) is 4.79 Å². The molecule has 0 saturated carbocycles. The van der Waals surface area contributed by atoms with Gasteiger partial charge in [0.25, 0.3) is 0 Å². The monoisotopic (exact) mass is 344 g/mol. The van der Waals surface area contributed by atoms with Crippen LogP contribution in [-0.4, -0.2) is 37.4 Å². The average molecular weight is 343 g/mol. The number of nitrogens with zero attached hydrogens (tertiary/aromatic N) is 2. The van der Waals surface area contributed by atoms with Crippen molar-refractivity contribution >= 4 is 20.9 Å². The predicted molar refractivity (Wildman–Crippen MR) is 82.3 cm³/mol. The van der Waals surface area contributed by atoms with E-state index in [2.05, 4.69) is 53.5 Å². The first-order valence-corrected chi connectivity index (χ1v) is 9.16. The van der Waals surface area contributed by atoms with Gasteiger partial charge in [0.2, 0.25) is 0 Å². The zero-order valence-electron chi connectivity index (χ0n) is 11.6. The molecule has 4 rings (SSSR count). The van der Waals surface area contributed by atoms with Crippen LogP contribution in [0.25, 0.3) is 0 Å². The summed E-state index contributed by atoms with van der Waals surface area (Å²) in [6.45, 7) is 0.851. The molecule has 0 aromatic heterocycles. The van der Waals surface area contributed by atoms with Crippen LogP contribution in [0.1, 0.15) is 27.4 Å². The summed E-state index contributed by atoms with van der Waals surface area (Å²) in [5.74, 6) is 0.268. The number of benzene rings is 2. The van der Waals surface area contributed by atoms with Crippen LogP contribution < -0.4 is 0 Å². The van der Waals surface area contributed by atoms with Gasteiger partial charge in [-0.2, -0.15) is 0 Å². The number of hydrogen-bond acceptors (Lipinski definition) is 2. The first-order valence-electron chi connectivity index (χ1n) is 7.18. The van der Waals surface area contributed by atoms with Crippen LogP contribution in [0.3, 0.4) is 0 Å². The number of rotatable bonds is 2. The van der Waals surface area contributed by atoms with Crippen LogP contribution in [-0.2, 0) is 4.79 Å². The van der Waals surface area contributed by atoms with Gasteiger partial charge in [-0.25, -0.2) is 0 Å². The summed E-state index contributed by atoms with van der Waals surface area (Å²) in [6.07, 6.45) is 0.642. The minimum atomic E-state index is 0.235.